The van der Waals surface area contributed by atoms with Crippen molar-refractivity contribution in [3.05, 3.63) is 23.2 Å². The Bertz CT molecular complexity index is 489. The van der Waals surface area contributed by atoms with Gasteiger partial charge in [-0.3, -0.25) is 5.43 Å². The Labute approximate surface area is 92.0 Å². The second-order valence-corrected chi connectivity index (χ2v) is 4.32. The standard InChI is InChI=1S/C10H12N4S/c1-3-11-14-13-8-4-5-9-10(6-8)15-7(2)12-9/h4-6H,3H2,1-2H3,(H,11,13). The molecule has 0 spiro atoms. The smallest absolute Gasteiger partial charge is 0.0907 e. The normalized spacial score (nSPS) is 11.3. The molecular formula is C10H12N4S. The number of rotatable bonds is 3. The SMILES string of the molecule is CCN=NNc1ccc2nc(C)sc2c1. The number of nitrogens with one attached hydrogen (secondary N) is 1. The van der Waals surface area contributed by atoms with Crippen molar-refractivity contribution in [2.75, 3.05) is 12.0 Å². The number of aromatic nitrogens is 1. The first-order chi connectivity index (χ1) is 7.29. The number of fused-ring (bicyclic) bond motifs is 1. The average molecular weight is 220 g/mol. The number of aryl methyl sites for hydroxylation is 1. The van der Waals surface area contributed by atoms with E-state index in [0.29, 0.717) is 6.54 Å². The first-order valence-electron chi connectivity index (χ1n) is 4.79. The maximum atomic E-state index is 4.39. The zero-order chi connectivity index (χ0) is 10.7. The van der Waals surface area contributed by atoms with Gasteiger partial charge in [-0.1, -0.05) is 5.22 Å². The van der Waals surface area contributed by atoms with Gasteiger partial charge in [0.15, 0.2) is 0 Å². The molecule has 2 rings (SSSR count). The van der Waals surface area contributed by atoms with Gasteiger partial charge in [0.05, 0.1) is 27.5 Å². The summed E-state index contributed by atoms with van der Waals surface area (Å²) in [7, 11) is 0. The first-order valence-corrected chi connectivity index (χ1v) is 5.61. The minimum Gasteiger partial charge on any atom is -0.260 e. The van der Waals surface area contributed by atoms with E-state index in [1.54, 1.807) is 11.3 Å². The molecule has 0 aliphatic carbocycles. The fourth-order valence-electron chi connectivity index (χ4n) is 1.27. The fourth-order valence-corrected chi connectivity index (χ4v) is 2.14. The molecule has 78 valence electrons. The van der Waals surface area contributed by atoms with Crippen molar-refractivity contribution in [2.45, 2.75) is 13.8 Å². The third kappa shape index (κ3) is 2.30. The van der Waals surface area contributed by atoms with Crippen LogP contribution in [0.5, 0.6) is 0 Å². The van der Waals surface area contributed by atoms with Crippen molar-refractivity contribution in [2.24, 2.45) is 10.3 Å². The van der Waals surface area contributed by atoms with E-state index < -0.39 is 0 Å². The van der Waals surface area contributed by atoms with E-state index in [0.717, 1.165) is 16.2 Å². The van der Waals surface area contributed by atoms with Crippen LogP contribution < -0.4 is 5.43 Å². The summed E-state index contributed by atoms with van der Waals surface area (Å²) in [6.07, 6.45) is 0. The van der Waals surface area contributed by atoms with Gasteiger partial charge >= 0.3 is 0 Å². The molecule has 0 fully saturated rings. The molecule has 4 nitrogen and oxygen atoms in total. The third-order valence-electron chi connectivity index (χ3n) is 1.89. The highest BCUT2D eigenvalue weighted by Gasteiger charge is 2.00. The van der Waals surface area contributed by atoms with Crippen LogP contribution in [0.4, 0.5) is 5.69 Å². The molecule has 0 unspecified atom stereocenters. The number of benzene rings is 1. The van der Waals surface area contributed by atoms with Gasteiger partial charge in [0.2, 0.25) is 0 Å². The Balaban J connectivity index is 2.26. The summed E-state index contributed by atoms with van der Waals surface area (Å²) in [4.78, 5) is 4.39. The molecule has 0 radical (unpaired) electrons. The molecule has 0 bridgehead atoms. The fraction of sp³-hybridized carbons (Fsp3) is 0.300. The van der Waals surface area contributed by atoms with Crippen LogP contribution in [0.15, 0.2) is 28.5 Å². The molecule has 1 aromatic carbocycles. The average Bonchev–Trinajstić information content (AvgIpc) is 2.57. The molecule has 0 aliphatic rings. The van der Waals surface area contributed by atoms with Crippen LogP contribution in [0.3, 0.4) is 0 Å². The summed E-state index contributed by atoms with van der Waals surface area (Å²) in [6, 6.07) is 5.98. The molecule has 15 heavy (non-hydrogen) atoms. The lowest BCUT2D eigenvalue weighted by molar-refractivity contribution is 0.964. The number of hydrogen-bond donors (Lipinski definition) is 1. The highest BCUT2D eigenvalue weighted by molar-refractivity contribution is 7.18. The number of thiazole rings is 1. The highest BCUT2D eigenvalue weighted by atomic mass is 32.1. The van der Waals surface area contributed by atoms with Crippen LogP contribution in [0, 0.1) is 6.92 Å². The van der Waals surface area contributed by atoms with Crippen molar-refractivity contribution in [3.63, 3.8) is 0 Å². The molecule has 0 aliphatic heterocycles. The lowest BCUT2D eigenvalue weighted by atomic mass is 10.3. The van der Waals surface area contributed by atoms with E-state index in [1.807, 2.05) is 32.0 Å². The van der Waals surface area contributed by atoms with Crippen LogP contribution in [0.1, 0.15) is 11.9 Å². The topological polar surface area (TPSA) is 49.6 Å². The monoisotopic (exact) mass is 220 g/mol. The van der Waals surface area contributed by atoms with Crippen LogP contribution >= 0.6 is 11.3 Å². The summed E-state index contributed by atoms with van der Waals surface area (Å²) < 4.78 is 1.17. The minimum atomic E-state index is 0.689. The van der Waals surface area contributed by atoms with Gasteiger partial charge in [-0.25, -0.2) is 4.98 Å². The van der Waals surface area contributed by atoms with E-state index in [-0.39, 0.29) is 0 Å². The van der Waals surface area contributed by atoms with Crippen LogP contribution in [-0.4, -0.2) is 11.5 Å². The van der Waals surface area contributed by atoms with Crippen LogP contribution in [-0.2, 0) is 0 Å². The second-order valence-electron chi connectivity index (χ2n) is 3.08. The zero-order valence-electron chi connectivity index (χ0n) is 8.69. The molecule has 0 saturated heterocycles. The molecule has 2 aromatic rings. The lowest BCUT2D eigenvalue weighted by Gasteiger charge is -1.97. The van der Waals surface area contributed by atoms with Crippen molar-refractivity contribution in [1.29, 1.82) is 0 Å². The quantitative estimate of drug-likeness (QED) is 0.636. The van der Waals surface area contributed by atoms with Gasteiger partial charge < -0.3 is 0 Å². The second kappa shape index (κ2) is 4.35. The van der Waals surface area contributed by atoms with E-state index in [2.05, 4.69) is 20.7 Å². The summed E-state index contributed by atoms with van der Waals surface area (Å²) in [6.45, 7) is 4.64. The van der Waals surface area contributed by atoms with Crippen molar-refractivity contribution < 1.29 is 0 Å². The predicted octanol–water partition coefficient (Wildman–Crippen LogP) is 3.40. The molecule has 1 heterocycles. The first kappa shape index (κ1) is 10.0. The maximum absolute atomic E-state index is 4.39. The molecule has 1 N–H and O–H groups in total. The minimum absolute atomic E-state index is 0.689. The van der Waals surface area contributed by atoms with Gasteiger partial charge in [-0.05, 0) is 32.0 Å². The summed E-state index contributed by atoms with van der Waals surface area (Å²) in [5, 5.41) is 8.77. The zero-order valence-corrected chi connectivity index (χ0v) is 9.51. The number of hydrogen-bond acceptors (Lipinski definition) is 4. The van der Waals surface area contributed by atoms with Gasteiger partial charge in [0.25, 0.3) is 0 Å². The number of anilines is 1. The summed E-state index contributed by atoms with van der Waals surface area (Å²) >= 11 is 1.68. The largest absolute Gasteiger partial charge is 0.260 e. The molecule has 5 heteroatoms. The van der Waals surface area contributed by atoms with Crippen molar-refractivity contribution in [1.82, 2.24) is 4.98 Å². The Morgan fingerprint density at radius 2 is 2.33 bits per heavy atom. The van der Waals surface area contributed by atoms with Crippen LogP contribution in [0.2, 0.25) is 0 Å². The Hall–Kier alpha value is -1.49. The van der Waals surface area contributed by atoms with Gasteiger partial charge in [-0.2, -0.15) is 5.11 Å². The van der Waals surface area contributed by atoms with E-state index in [1.165, 1.54) is 4.70 Å². The molecule has 0 saturated carbocycles. The molecule has 0 atom stereocenters. The summed E-state index contributed by atoms with van der Waals surface area (Å²) in [5.41, 5.74) is 4.87. The van der Waals surface area contributed by atoms with E-state index in [9.17, 15) is 0 Å². The van der Waals surface area contributed by atoms with Gasteiger partial charge in [-0.15, -0.1) is 11.3 Å². The lowest BCUT2D eigenvalue weighted by Crippen LogP contribution is -1.86. The molecule has 0 amide bonds. The molecular weight excluding hydrogens is 208 g/mol. The highest BCUT2D eigenvalue weighted by Crippen LogP contribution is 2.24. The van der Waals surface area contributed by atoms with Gasteiger partial charge in [0.1, 0.15) is 0 Å². The van der Waals surface area contributed by atoms with Crippen molar-refractivity contribution in [3.8, 4) is 0 Å². The van der Waals surface area contributed by atoms with E-state index in [4.69, 9.17) is 0 Å². The Morgan fingerprint density at radius 1 is 1.47 bits per heavy atom. The maximum Gasteiger partial charge on any atom is 0.0907 e. The van der Waals surface area contributed by atoms with Gasteiger partial charge in [0, 0.05) is 0 Å². The Kier molecular flexibility index (Phi) is 2.91. The number of nitrogens with zero attached hydrogens (tertiary/aromatic N) is 3. The molecule has 1 aromatic heterocycles. The van der Waals surface area contributed by atoms with Crippen LogP contribution in [0.25, 0.3) is 10.2 Å². The van der Waals surface area contributed by atoms with Crippen molar-refractivity contribution >= 4 is 27.2 Å². The summed E-state index contributed by atoms with van der Waals surface area (Å²) in [5.74, 6) is 0. The predicted molar refractivity (Wildman–Crippen MR) is 63.4 cm³/mol. The third-order valence-corrected chi connectivity index (χ3v) is 2.82. The Morgan fingerprint density at radius 3 is 3.13 bits per heavy atom. The van der Waals surface area contributed by atoms with E-state index >= 15 is 0 Å².